The zero-order valence-electron chi connectivity index (χ0n) is 11.4. The first-order valence-corrected chi connectivity index (χ1v) is 7.49. The first-order chi connectivity index (χ1) is 8.34. The lowest BCUT2D eigenvalue weighted by Crippen LogP contribution is -2.27. The summed E-state index contributed by atoms with van der Waals surface area (Å²) in [6.07, 6.45) is 12.8. The molecular formula is C15H28O2. The molecule has 1 rings (SSSR count). The molecular weight excluding hydrogens is 212 g/mol. The molecule has 2 nitrogen and oxygen atoms in total. The first kappa shape index (κ1) is 14.7. The highest BCUT2D eigenvalue weighted by atomic mass is 16.5. The van der Waals surface area contributed by atoms with Crippen molar-refractivity contribution in [1.82, 2.24) is 0 Å². The highest BCUT2D eigenvalue weighted by Gasteiger charge is 2.20. The Morgan fingerprint density at radius 2 is 1.76 bits per heavy atom. The van der Waals surface area contributed by atoms with Crippen molar-refractivity contribution in [2.45, 2.75) is 83.7 Å². The van der Waals surface area contributed by atoms with E-state index in [9.17, 15) is 4.79 Å². The lowest BCUT2D eigenvalue weighted by Gasteiger charge is -2.21. The molecule has 1 saturated heterocycles. The van der Waals surface area contributed by atoms with Crippen molar-refractivity contribution in [3.05, 3.63) is 0 Å². The van der Waals surface area contributed by atoms with Crippen LogP contribution in [-0.4, -0.2) is 18.5 Å². The maximum Gasteiger partial charge on any atom is 0.161 e. The van der Waals surface area contributed by atoms with Crippen LogP contribution in [0.4, 0.5) is 0 Å². The van der Waals surface area contributed by atoms with E-state index in [4.69, 9.17) is 4.74 Å². The van der Waals surface area contributed by atoms with E-state index in [2.05, 4.69) is 6.92 Å². The summed E-state index contributed by atoms with van der Waals surface area (Å²) >= 11 is 0. The summed E-state index contributed by atoms with van der Waals surface area (Å²) in [4.78, 5) is 11.8. The Morgan fingerprint density at radius 3 is 2.41 bits per heavy atom. The van der Waals surface area contributed by atoms with Crippen LogP contribution in [0.5, 0.6) is 0 Å². The second-order valence-corrected chi connectivity index (χ2v) is 5.19. The highest BCUT2D eigenvalue weighted by Crippen LogP contribution is 2.16. The van der Waals surface area contributed by atoms with Gasteiger partial charge >= 0.3 is 0 Å². The van der Waals surface area contributed by atoms with Crippen molar-refractivity contribution < 1.29 is 9.53 Å². The summed E-state index contributed by atoms with van der Waals surface area (Å²) in [7, 11) is 0. The lowest BCUT2D eigenvalue weighted by atomic mass is 10.0. The van der Waals surface area contributed by atoms with Gasteiger partial charge in [0.15, 0.2) is 5.78 Å². The van der Waals surface area contributed by atoms with Gasteiger partial charge in [0, 0.05) is 13.0 Å². The maximum absolute atomic E-state index is 11.8. The number of rotatable bonds is 9. The largest absolute Gasteiger partial charge is 0.370 e. The SMILES string of the molecule is CCCCCCCCCC(=O)C1CCCCO1. The van der Waals surface area contributed by atoms with E-state index < -0.39 is 0 Å². The molecule has 0 radical (unpaired) electrons. The molecule has 1 aliphatic heterocycles. The zero-order chi connectivity index (χ0) is 12.3. The minimum absolute atomic E-state index is 0.0659. The van der Waals surface area contributed by atoms with Gasteiger partial charge in [-0.05, 0) is 25.7 Å². The molecule has 1 unspecified atom stereocenters. The predicted molar refractivity (Wildman–Crippen MR) is 71.2 cm³/mol. The van der Waals surface area contributed by atoms with E-state index in [-0.39, 0.29) is 6.10 Å². The summed E-state index contributed by atoms with van der Waals surface area (Å²) in [5.41, 5.74) is 0. The number of hydrogen-bond donors (Lipinski definition) is 0. The molecule has 0 aliphatic carbocycles. The second-order valence-electron chi connectivity index (χ2n) is 5.19. The minimum Gasteiger partial charge on any atom is -0.370 e. The smallest absolute Gasteiger partial charge is 0.161 e. The van der Waals surface area contributed by atoms with Gasteiger partial charge in [-0.2, -0.15) is 0 Å². The quantitative estimate of drug-likeness (QED) is 0.563. The number of unbranched alkanes of at least 4 members (excludes halogenated alkanes) is 6. The van der Waals surface area contributed by atoms with Gasteiger partial charge in [-0.25, -0.2) is 0 Å². The van der Waals surface area contributed by atoms with E-state index in [0.717, 1.165) is 38.7 Å². The van der Waals surface area contributed by atoms with Crippen molar-refractivity contribution in [2.75, 3.05) is 6.61 Å². The van der Waals surface area contributed by atoms with Crippen molar-refractivity contribution in [1.29, 1.82) is 0 Å². The Bertz CT molecular complexity index is 195. The van der Waals surface area contributed by atoms with Crippen molar-refractivity contribution >= 4 is 5.78 Å². The Hall–Kier alpha value is -0.370. The molecule has 1 aliphatic rings. The first-order valence-electron chi connectivity index (χ1n) is 7.49. The van der Waals surface area contributed by atoms with E-state index in [1.165, 1.54) is 38.5 Å². The molecule has 100 valence electrons. The number of ether oxygens (including phenoxy) is 1. The van der Waals surface area contributed by atoms with E-state index in [1.54, 1.807) is 0 Å². The van der Waals surface area contributed by atoms with Crippen molar-refractivity contribution in [2.24, 2.45) is 0 Å². The molecule has 17 heavy (non-hydrogen) atoms. The van der Waals surface area contributed by atoms with Crippen LogP contribution >= 0.6 is 0 Å². The normalized spacial score (nSPS) is 20.4. The third-order valence-electron chi connectivity index (χ3n) is 3.57. The van der Waals surface area contributed by atoms with E-state index >= 15 is 0 Å². The summed E-state index contributed by atoms with van der Waals surface area (Å²) in [6.45, 7) is 3.02. The number of Topliss-reactive ketones (excluding diaryl/α,β-unsaturated/α-hetero) is 1. The standard InChI is InChI=1S/C15H28O2/c1-2-3-4-5-6-7-8-11-14(16)15-12-9-10-13-17-15/h15H,2-13H2,1H3. The lowest BCUT2D eigenvalue weighted by molar-refractivity contribution is -0.133. The number of carbonyl (C=O) groups excluding carboxylic acids is 1. The molecule has 1 fully saturated rings. The van der Waals surface area contributed by atoms with Crippen LogP contribution in [0.3, 0.4) is 0 Å². The summed E-state index contributed by atoms with van der Waals surface area (Å²) < 4.78 is 5.50. The van der Waals surface area contributed by atoms with Gasteiger partial charge in [0.05, 0.1) is 0 Å². The fourth-order valence-corrected chi connectivity index (χ4v) is 2.41. The molecule has 0 amide bonds. The Balaban J connectivity index is 1.92. The Kier molecular flexibility index (Phi) is 8.33. The second kappa shape index (κ2) is 9.64. The molecule has 0 bridgehead atoms. The molecule has 1 atom stereocenters. The molecule has 0 aromatic carbocycles. The van der Waals surface area contributed by atoms with Crippen LogP contribution in [0.1, 0.15) is 77.6 Å². The monoisotopic (exact) mass is 240 g/mol. The van der Waals surface area contributed by atoms with Crippen LogP contribution in [0.2, 0.25) is 0 Å². The van der Waals surface area contributed by atoms with Crippen LogP contribution in [0, 0.1) is 0 Å². The van der Waals surface area contributed by atoms with Crippen molar-refractivity contribution in [3.63, 3.8) is 0 Å². The Morgan fingerprint density at radius 1 is 1.06 bits per heavy atom. The van der Waals surface area contributed by atoms with Gasteiger partial charge in [-0.15, -0.1) is 0 Å². The van der Waals surface area contributed by atoms with E-state index in [1.807, 2.05) is 0 Å². The molecule has 0 spiro atoms. The zero-order valence-corrected chi connectivity index (χ0v) is 11.4. The van der Waals surface area contributed by atoms with Gasteiger partial charge < -0.3 is 4.74 Å². The average Bonchev–Trinajstić information content (AvgIpc) is 2.38. The van der Waals surface area contributed by atoms with Crippen LogP contribution in [0.25, 0.3) is 0 Å². The van der Waals surface area contributed by atoms with Gasteiger partial charge in [0.2, 0.25) is 0 Å². The predicted octanol–water partition coefficient (Wildman–Crippen LogP) is 4.27. The molecule has 0 saturated carbocycles. The molecule has 0 aromatic heterocycles. The van der Waals surface area contributed by atoms with Crippen molar-refractivity contribution in [3.8, 4) is 0 Å². The fourth-order valence-electron chi connectivity index (χ4n) is 2.41. The van der Waals surface area contributed by atoms with Crippen LogP contribution in [-0.2, 0) is 9.53 Å². The molecule has 1 heterocycles. The fraction of sp³-hybridized carbons (Fsp3) is 0.933. The average molecular weight is 240 g/mol. The third kappa shape index (κ3) is 6.82. The number of ketones is 1. The molecule has 0 aromatic rings. The van der Waals surface area contributed by atoms with Gasteiger partial charge in [-0.3, -0.25) is 4.79 Å². The summed E-state index contributed by atoms with van der Waals surface area (Å²) in [5, 5.41) is 0. The number of hydrogen-bond acceptors (Lipinski definition) is 2. The third-order valence-corrected chi connectivity index (χ3v) is 3.57. The van der Waals surface area contributed by atoms with Crippen LogP contribution in [0.15, 0.2) is 0 Å². The molecule has 0 N–H and O–H groups in total. The van der Waals surface area contributed by atoms with Gasteiger partial charge in [-0.1, -0.05) is 45.4 Å². The highest BCUT2D eigenvalue weighted by molar-refractivity contribution is 5.83. The summed E-state index contributed by atoms with van der Waals surface area (Å²) in [5.74, 6) is 0.346. The molecule has 2 heteroatoms. The maximum atomic E-state index is 11.8. The van der Waals surface area contributed by atoms with Gasteiger partial charge in [0.1, 0.15) is 6.10 Å². The number of carbonyl (C=O) groups is 1. The van der Waals surface area contributed by atoms with E-state index in [0.29, 0.717) is 5.78 Å². The minimum atomic E-state index is -0.0659. The Labute approximate surface area is 106 Å². The van der Waals surface area contributed by atoms with Crippen LogP contribution < -0.4 is 0 Å². The summed E-state index contributed by atoms with van der Waals surface area (Å²) in [6, 6.07) is 0. The topological polar surface area (TPSA) is 26.3 Å². The van der Waals surface area contributed by atoms with Gasteiger partial charge in [0.25, 0.3) is 0 Å².